The monoisotopic (exact) mass is 466 g/mol. The molecule has 0 aliphatic heterocycles. The normalized spacial score (nSPS) is 13.3. The highest BCUT2D eigenvalue weighted by atomic mass is 32.2. The van der Waals surface area contributed by atoms with E-state index in [9.17, 15) is 9.18 Å². The summed E-state index contributed by atoms with van der Waals surface area (Å²) in [5.74, 6) is 1.11. The van der Waals surface area contributed by atoms with Gasteiger partial charge in [-0.25, -0.2) is 9.37 Å². The molecular formula is C25H23FN2O2S2. The lowest BCUT2D eigenvalue weighted by Gasteiger charge is -2.14. The molecule has 2 aromatic carbocycles. The van der Waals surface area contributed by atoms with Crippen molar-refractivity contribution in [2.75, 3.05) is 6.61 Å². The Morgan fingerprint density at radius 3 is 2.59 bits per heavy atom. The lowest BCUT2D eigenvalue weighted by Crippen LogP contribution is -2.22. The number of aryl methyl sites for hydroxylation is 2. The average molecular weight is 467 g/mol. The van der Waals surface area contributed by atoms with Gasteiger partial charge < -0.3 is 4.74 Å². The lowest BCUT2D eigenvalue weighted by molar-refractivity contribution is 0.340. The molecule has 0 radical (unpaired) electrons. The molecule has 0 bridgehead atoms. The molecule has 4 nitrogen and oxygen atoms in total. The first-order valence-electron chi connectivity index (χ1n) is 10.8. The average Bonchev–Trinajstić information content (AvgIpc) is 3.18. The predicted octanol–water partition coefficient (Wildman–Crippen LogP) is 6.16. The van der Waals surface area contributed by atoms with Gasteiger partial charge in [0.25, 0.3) is 5.56 Å². The predicted molar refractivity (Wildman–Crippen MR) is 129 cm³/mol. The fourth-order valence-corrected chi connectivity index (χ4v) is 6.37. The second kappa shape index (κ2) is 9.08. The minimum absolute atomic E-state index is 0.0137. The van der Waals surface area contributed by atoms with Gasteiger partial charge in [0.15, 0.2) is 5.16 Å². The molecule has 5 rings (SSSR count). The third kappa shape index (κ3) is 4.07. The molecule has 0 atom stereocenters. The zero-order chi connectivity index (χ0) is 22.1. The molecule has 0 spiro atoms. The molecule has 0 saturated carbocycles. The lowest BCUT2D eigenvalue weighted by atomic mass is 9.97. The van der Waals surface area contributed by atoms with E-state index in [1.54, 1.807) is 28.0 Å². The minimum Gasteiger partial charge on any atom is -0.494 e. The van der Waals surface area contributed by atoms with Crippen molar-refractivity contribution in [2.45, 2.75) is 43.5 Å². The van der Waals surface area contributed by atoms with Gasteiger partial charge in [-0.05, 0) is 80.1 Å². The highest BCUT2D eigenvalue weighted by molar-refractivity contribution is 7.98. The van der Waals surface area contributed by atoms with Crippen molar-refractivity contribution in [3.8, 4) is 11.4 Å². The summed E-state index contributed by atoms with van der Waals surface area (Å²) in [4.78, 5) is 20.9. The summed E-state index contributed by atoms with van der Waals surface area (Å²) >= 11 is 3.15. The van der Waals surface area contributed by atoms with E-state index in [1.807, 2.05) is 31.2 Å². The summed E-state index contributed by atoms with van der Waals surface area (Å²) in [5, 5.41) is 1.42. The highest BCUT2D eigenvalue weighted by Gasteiger charge is 2.23. The topological polar surface area (TPSA) is 44.1 Å². The van der Waals surface area contributed by atoms with Crippen LogP contribution >= 0.6 is 23.1 Å². The number of ether oxygens (including phenoxy) is 1. The smallest absolute Gasteiger partial charge is 0.267 e. The Bertz CT molecular complexity index is 1310. The van der Waals surface area contributed by atoms with E-state index < -0.39 is 0 Å². The number of hydrogen-bond donors (Lipinski definition) is 0. The van der Waals surface area contributed by atoms with Crippen molar-refractivity contribution in [1.82, 2.24) is 9.55 Å². The molecule has 0 amide bonds. The van der Waals surface area contributed by atoms with Crippen LogP contribution in [0.3, 0.4) is 0 Å². The van der Waals surface area contributed by atoms with Crippen LogP contribution in [0.5, 0.6) is 5.75 Å². The number of aromatic nitrogens is 2. The van der Waals surface area contributed by atoms with Crippen molar-refractivity contribution in [2.24, 2.45) is 0 Å². The zero-order valence-corrected chi connectivity index (χ0v) is 19.4. The summed E-state index contributed by atoms with van der Waals surface area (Å²) in [5.41, 5.74) is 2.92. The van der Waals surface area contributed by atoms with Gasteiger partial charge in [-0.2, -0.15) is 0 Å². The number of thiophene rings is 1. The Balaban J connectivity index is 1.62. The third-order valence-corrected chi connectivity index (χ3v) is 7.84. The van der Waals surface area contributed by atoms with Crippen molar-refractivity contribution in [1.29, 1.82) is 0 Å². The first-order valence-corrected chi connectivity index (χ1v) is 12.6. The van der Waals surface area contributed by atoms with Crippen molar-refractivity contribution < 1.29 is 9.13 Å². The van der Waals surface area contributed by atoms with E-state index in [0.717, 1.165) is 46.5 Å². The quantitative estimate of drug-likeness (QED) is 0.252. The van der Waals surface area contributed by atoms with Crippen molar-refractivity contribution in [3.63, 3.8) is 0 Å². The molecule has 32 heavy (non-hydrogen) atoms. The van der Waals surface area contributed by atoms with E-state index in [0.29, 0.717) is 17.5 Å². The molecule has 1 aliphatic rings. The van der Waals surface area contributed by atoms with Gasteiger partial charge in [0.05, 0.1) is 17.7 Å². The first kappa shape index (κ1) is 21.2. The van der Waals surface area contributed by atoms with Gasteiger partial charge in [-0.3, -0.25) is 9.36 Å². The first-order chi connectivity index (χ1) is 15.6. The Hall–Kier alpha value is -2.64. The number of hydrogen-bond acceptors (Lipinski definition) is 5. The fraction of sp³-hybridized carbons (Fsp3) is 0.280. The number of rotatable bonds is 6. The Morgan fingerprint density at radius 2 is 1.84 bits per heavy atom. The molecule has 164 valence electrons. The van der Waals surface area contributed by atoms with Crippen LogP contribution in [-0.4, -0.2) is 16.2 Å². The molecule has 0 unspecified atom stereocenters. The summed E-state index contributed by atoms with van der Waals surface area (Å²) < 4.78 is 20.6. The van der Waals surface area contributed by atoms with Crippen LogP contribution in [-0.2, 0) is 18.6 Å². The second-order valence-corrected chi connectivity index (χ2v) is 9.79. The summed E-state index contributed by atoms with van der Waals surface area (Å²) in [6.07, 6.45) is 4.25. The van der Waals surface area contributed by atoms with Crippen LogP contribution in [0.1, 0.15) is 35.8 Å². The minimum atomic E-state index is -0.256. The van der Waals surface area contributed by atoms with E-state index in [-0.39, 0.29) is 11.4 Å². The van der Waals surface area contributed by atoms with Gasteiger partial charge in [0, 0.05) is 10.6 Å². The van der Waals surface area contributed by atoms with E-state index >= 15 is 0 Å². The number of benzene rings is 2. The van der Waals surface area contributed by atoms with Gasteiger partial charge in [0.1, 0.15) is 16.4 Å². The van der Waals surface area contributed by atoms with Gasteiger partial charge in [0.2, 0.25) is 0 Å². The van der Waals surface area contributed by atoms with E-state index in [2.05, 4.69) is 0 Å². The Kier molecular flexibility index (Phi) is 6.02. The van der Waals surface area contributed by atoms with Crippen LogP contribution in [0, 0.1) is 5.82 Å². The molecule has 7 heteroatoms. The van der Waals surface area contributed by atoms with Crippen LogP contribution in [0.25, 0.3) is 15.9 Å². The van der Waals surface area contributed by atoms with Crippen LogP contribution in [0.15, 0.2) is 58.5 Å². The Labute approximate surface area is 194 Å². The maximum absolute atomic E-state index is 13.8. The molecule has 2 aromatic heterocycles. The molecular weight excluding hydrogens is 443 g/mol. The second-order valence-electron chi connectivity index (χ2n) is 7.77. The van der Waals surface area contributed by atoms with Crippen LogP contribution in [0.4, 0.5) is 4.39 Å². The van der Waals surface area contributed by atoms with Gasteiger partial charge in [-0.1, -0.05) is 23.9 Å². The maximum atomic E-state index is 13.8. The Morgan fingerprint density at radius 1 is 1.09 bits per heavy atom. The largest absolute Gasteiger partial charge is 0.494 e. The standard InChI is InChI=1S/C25H23FN2O2S2/c1-2-30-19-13-11-18(12-14-19)28-24(29)22-20-5-3-4-6-21(20)32-23(22)27-25(28)31-15-16-7-9-17(26)10-8-16/h7-14H,2-6,15H2,1H3. The van der Waals surface area contributed by atoms with Gasteiger partial charge >= 0.3 is 0 Å². The summed E-state index contributed by atoms with van der Waals surface area (Å²) in [7, 11) is 0. The molecule has 2 heterocycles. The summed E-state index contributed by atoms with van der Waals surface area (Å²) in [6.45, 7) is 2.53. The molecule has 1 aliphatic carbocycles. The zero-order valence-electron chi connectivity index (χ0n) is 17.8. The molecule has 0 saturated heterocycles. The van der Waals surface area contributed by atoms with Crippen molar-refractivity contribution >= 4 is 33.3 Å². The number of thioether (sulfide) groups is 1. The van der Waals surface area contributed by atoms with Crippen LogP contribution < -0.4 is 10.3 Å². The number of halogens is 1. The van der Waals surface area contributed by atoms with Crippen molar-refractivity contribution in [3.05, 3.63) is 80.7 Å². The van der Waals surface area contributed by atoms with Crippen LogP contribution in [0.2, 0.25) is 0 Å². The fourth-order valence-electron chi connectivity index (χ4n) is 4.10. The third-order valence-electron chi connectivity index (χ3n) is 5.65. The molecule has 0 N–H and O–H groups in total. The van der Waals surface area contributed by atoms with E-state index in [4.69, 9.17) is 9.72 Å². The molecule has 4 aromatic rings. The molecule has 0 fully saturated rings. The maximum Gasteiger partial charge on any atom is 0.267 e. The van der Waals surface area contributed by atoms with Gasteiger partial charge in [-0.15, -0.1) is 11.3 Å². The number of fused-ring (bicyclic) bond motifs is 3. The number of nitrogens with zero attached hydrogens (tertiary/aromatic N) is 2. The SMILES string of the molecule is CCOc1ccc(-n2c(SCc3ccc(F)cc3)nc3sc4c(c3c2=O)CCCC4)cc1. The van der Waals surface area contributed by atoms with E-state index in [1.165, 1.54) is 40.8 Å². The summed E-state index contributed by atoms with van der Waals surface area (Å²) in [6, 6.07) is 14.0. The highest BCUT2D eigenvalue weighted by Crippen LogP contribution is 2.35.